The third-order valence-electron chi connectivity index (χ3n) is 8.51. The normalized spacial score (nSPS) is 21.9. The number of halogens is 4. The molecule has 2 aromatic carbocycles. The van der Waals surface area contributed by atoms with E-state index in [9.17, 15) is 31.9 Å². The number of piperazine rings is 2. The van der Waals surface area contributed by atoms with Crippen molar-refractivity contribution in [2.45, 2.75) is 51.3 Å². The van der Waals surface area contributed by atoms with Crippen molar-refractivity contribution in [3.05, 3.63) is 70.5 Å². The Hall–Kier alpha value is -3.71. The smallest absolute Gasteiger partial charge is 0.416 e. The quantitative estimate of drug-likeness (QED) is 0.441. The van der Waals surface area contributed by atoms with Crippen molar-refractivity contribution in [3.63, 3.8) is 0 Å². The first-order chi connectivity index (χ1) is 20.9. The highest BCUT2D eigenvalue weighted by Gasteiger charge is 2.49. The highest BCUT2D eigenvalue weighted by molar-refractivity contribution is 5.90. The standard InChI is InChI=1S/C31H37F4N5O4/c1-21-15-23(17-24(16-21)31(33,34)35)20-44-30(43)39-10-8-28(41)40-26(7-9-37-13-11-36(2)12-14-37)29(42)38(19-27(39)40)18-22-3-5-25(32)6-4-22/h3-6,15-17,26-27H,7-14,18-20H2,1-2H3/t26-,27+/m0/s1. The van der Waals surface area contributed by atoms with Gasteiger partial charge in [-0.05, 0) is 55.8 Å². The van der Waals surface area contributed by atoms with Gasteiger partial charge in [-0.3, -0.25) is 14.5 Å². The van der Waals surface area contributed by atoms with Crippen LogP contribution in [-0.2, 0) is 33.7 Å². The average molecular weight is 620 g/mol. The van der Waals surface area contributed by atoms with Gasteiger partial charge in [-0.2, -0.15) is 13.2 Å². The molecule has 0 unspecified atom stereocenters. The number of nitrogens with zero attached hydrogens (tertiary/aromatic N) is 5. The lowest BCUT2D eigenvalue weighted by Crippen LogP contribution is -2.71. The van der Waals surface area contributed by atoms with E-state index in [1.807, 2.05) is 7.05 Å². The van der Waals surface area contributed by atoms with Gasteiger partial charge >= 0.3 is 12.3 Å². The summed E-state index contributed by atoms with van der Waals surface area (Å²) in [4.78, 5) is 49.5. The van der Waals surface area contributed by atoms with Gasteiger partial charge in [-0.15, -0.1) is 0 Å². The Labute approximate surface area is 253 Å². The van der Waals surface area contributed by atoms with Gasteiger partial charge in [0, 0.05) is 52.2 Å². The Kier molecular flexibility index (Phi) is 9.45. The maximum atomic E-state index is 13.9. The van der Waals surface area contributed by atoms with Crippen LogP contribution >= 0.6 is 0 Å². The molecule has 0 bridgehead atoms. The van der Waals surface area contributed by atoms with E-state index in [2.05, 4.69) is 9.80 Å². The molecule has 0 spiro atoms. The number of hydrogen-bond donors (Lipinski definition) is 0. The molecule has 0 aromatic heterocycles. The molecule has 0 radical (unpaired) electrons. The van der Waals surface area contributed by atoms with Gasteiger partial charge in [-0.25, -0.2) is 9.18 Å². The number of hydrogen-bond acceptors (Lipinski definition) is 6. The summed E-state index contributed by atoms with van der Waals surface area (Å²) in [7, 11) is 2.05. The molecule has 2 aromatic rings. The van der Waals surface area contributed by atoms with Crippen LogP contribution in [0, 0.1) is 12.7 Å². The Morgan fingerprint density at radius 3 is 2.36 bits per heavy atom. The Bertz CT molecular complexity index is 1360. The lowest BCUT2D eigenvalue weighted by Gasteiger charge is -2.52. The van der Waals surface area contributed by atoms with E-state index in [0.717, 1.165) is 38.3 Å². The van der Waals surface area contributed by atoms with E-state index in [1.54, 1.807) is 17.0 Å². The molecular formula is C31H37F4N5O4. The van der Waals surface area contributed by atoms with Gasteiger partial charge in [0.25, 0.3) is 0 Å². The van der Waals surface area contributed by atoms with E-state index in [1.165, 1.54) is 34.9 Å². The summed E-state index contributed by atoms with van der Waals surface area (Å²) < 4.78 is 59.0. The van der Waals surface area contributed by atoms with E-state index < -0.39 is 35.9 Å². The van der Waals surface area contributed by atoms with Crippen molar-refractivity contribution < 1.29 is 36.7 Å². The second-order valence-corrected chi connectivity index (χ2v) is 11.8. The van der Waals surface area contributed by atoms with E-state index in [-0.39, 0.29) is 50.0 Å². The number of ether oxygens (including phenoxy) is 1. The molecule has 9 nitrogen and oxygen atoms in total. The summed E-state index contributed by atoms with van der Waals surface area (Å²) >= 11 is 0. The number of amides is 3. The molecular weight excluding hydrogens is 582 g/mol. The number of rotatable bonds is 7. The molecule has 13 heteroatoms. The van der Waals surface area contributed by atoms with Crippen molar-refractivity contribution in [2.75, 3.05) is 52.9 Å². The number of alkyl halides is 3. The van der Waals surface area contributed by atoms with Crippen molar-refractivity contribution in [2.24, 2.45) is 0 Å². The number of carbonyl (C=O) groups excluding carboxylic acids is 3. The molecule has 3 heterocycles. The Balaban J connectivity index is 1.35. The Morgan fingerprint density at radius 2 is 1.68 bits per heavy atom. The first kappa shape index (κ1) is 31.7. The summed E-state index contributed by atoms with van der Waals surface area (Å²) in [5, 5.41) is 0. The van der Waals surface area contributed by atoms with Crippen molar-refractivity contribution >= 4 is 17.9 Å². The molecule has 5 rings (SSSR count). The molecule has 44 heavy (non-hydrogen) atoms. The predicted octanol–water partition coefficient (Wildman–Crippen LogP) is 3.70. The number of fused-ring (bicyclic) bond motifs is 1. The highest BCUT2D eigenvalue weighted by atomic mass is 19.4. The Morgan fingerprint density at radius 1 is 0.977 bits per heavy atom. The van der Waals surface area contributed by atoms with Crippen molar-refractivity contribution in [1.82, 2.24) is 24.5 Å². The summed E-state index contributed by atoms with van der Waals surface area (Å²) in [5.41, 5.74) is 0.439. The van der Waals surface area contributed by atoms with Crippen LogP contribution in [0.15, 0.2) is 42.5 Å². The zero-order valence-corrected chi connectivity index (χ0v) is 24.9. The molecule has 3 fully saturated rings. The van der Waals surface area contributed by atoms with Crippen LogP contribution < -0.4 is 0 Å². The summed E-state index contributed by atoms with van der Waals surface area (Å²) in [5.74, 6) is -0.897. The van der Waals surface area contributed by atoms with Gasteiger partial charge in [0.1, 0.15) is 24.6 Å². The summed E-state index contributed by atoms with van der Waals surface area (Å²) in [6, 6.07) is 8.47. The van der Waals surface area contributed by atoms with E-state index in [4.69, 9.17) is 4.74 Å². The summed E-state index contributed by atoms with van der Waals surface area (Å²) in [6.07, 6.45) is -5.78. The lowest BCUT2D eigenvalue weighted by molar-refractivity contribution is -0.169. The molecule has 3 amide bonds. The molecule has 3 saturated heterocycles. The molecule has 3 aliphatic heterocycles. The van der Waals surface area contributed by atoms with Crippen LogP contribution in [-0.4, -0.2) is 107 Å². The van der Waals surface area contributed by atoms with Gasteiger partial charge in [0.05, 0.1) is 12.1 Å². The van der Waals surface area contributed by atoms with Crippen molar-refractivity contribution in [1.29, 1.82) is 0 Å². The SMILES string of the molecule is Cc1cc(COC(=O)N2CCC(=O)N3[C@@H]2CN(Cc2ccc(F)cc2)C(=O)[C@@H]3CCN2CCN(C)CC2)cc(C(F)(F)F)c1. The van der Waals surface area contributed by atoms with E-state index >= 15 is 0 Å². The van der Waals surface area contributed by atoms with Crippen LogP contribution in [0.1, 0.15) is 35.1 Å². The maximum Gasteiger partial charge on any atom is 0.416 e. The molecule has 238 valence electrons. The minimum absolute atomic E-state index is 0.00941. The fourth-order valence-corrected chi connectivity index (χ4v) is 6.14. The lowest BCUT2D eigenvalue weighted by atomic mass is 10.0. The molecule has 2 atom stereocenters. The minimum Gasteiger partial charge on any atom is -0.444 e. The number of aryl methyl sites for hydroxylation is 1. The zero-order chi connectivity index (χ0) is 31.6. The maximum absolute atomic E-state index is 13.9. The van der Waals surface area contributed by atoms with Gasteiger partial charge in [0.15, 0.2) is 0 Å². The molecule has 0 N–H and O–H groups in total. The fraction of sp³-hybridized carbons (Fsp3) is 0.516. The average Bonchev–Trinajstić information content (AvgIpc) is 2.97. The van der Waals surface area contributed by atoms with Crippen LogP contribution in [0.3, 0.4) is 0 Å². The third-order valence-corrected chi connectivity index (χ3v) is 8.51. The second-order valence-electron chi connectivity index (χ2n) is 11.8. The zero-order valence-electron chi connectivity index (χ0n) is 24.9. The predicted molar refractivity (Wildman–Crippen MR) is 152 cm³/mol. The first-order valence-corrected chi connectivity index (χ1v) is 14.8. The monoisotopic (exact) mass is 619 g/mol. The number of carbonyl (C=O) groups is 3. The third kappa shape index (κ3) is 7.32. The number of benzene rings is 2. The molecule has 0 aliphatic carbocycles. The fourth-order valence-electron chi connectivity index (χ4n) is 6.14. The second kappa shape index (κ2) is 13.1. The van der Waals surface area contributed by atoms with Crippen LogP contribution in [0.25, 0.3) is 0 Å². The van der Waals surface area contributed by atoms with Crippen LogP contribution in [0.5, 0.6) is 0 Å². The molecule has 0 saturated carbocycles. The van der Waals surface area contributed by atoms with Crippen LogP contribution in [0.2, 0.25) is 0 Å². The summed E-state index contributed by atoms with van der Waals surface area (Å²) in [6.45, 7) is 5.42. The topological polar surface area (TPSA) is 76.6 Å². The van der Waals surface area contributed by atoms with E-state index in [0.29, 0.717) is 24.1 Å². The van der Waals surface area contributed by atoms with Gasteiger partial charge < -0.3 is 24.3 Å². The first-order valence-electron chi connectivity index (χ1n) is 14.8. The minimum atomic E-state index is -4.54. The van der Waals surface area contributed by atoms with Gasteiger partial charge in [0.2, 0.25) is 11.8 Å². The highest BCUT2D eigenvalue weighted by Crippen LogP contribution is 2.32. The van der Waals surface area contributed by atoms with Crippen molar-refractivity contribution in [3.8, 4) is 0 Å². The largest absolute Gasteiger partial charge is 0.444 e. The van der Waals surface area contributed by atoms with Gasteiger partial charge in [-0.1, -0.05) is 23.8 Å². The van der Waals surface area contributed by atoms with Crippen LogP contribution in [0.4, 0.5) is 22.4 Å². The molecule has 3 aliphatic rings. The number of likely N-dealkylation sites (N-methyl/N-ethyl adjacent to an activating group) is 1.